The van der Waals surface area contributed by atoms with Crippen molar-refractivity contribution in [2.45, 2.75) is 4.90 Å². The first-order chi connectivity index (χ1) is 8.45. The van der Waals surface area contributed by atoms with Crippen LogP contribution in [0.5, 0.6) is 0 Å². The zero-order valence-electron chi connectivity index (χ0n) is 9.72. The molecule has 0 heterocycles. The minimum absolute atomic E-state index is 0.0375. The molecule has 0 aromatic heterocycles. The molecule has 98 valence electrons. The van der Waals surface area contributed by atoms with Gasteiger partial charge in [-0.25, -0.2) is 13.6 Å². The minimum Gasteiger partial charge on any atom is -0.397 e. The quantitative estimate of drug-likeness (QED) is 0.406. The second kappa shape index (κ2) is 6.54. The van der Waals surface area contributed by atoms with Gasteiger partial charge in [-0.3, -0.25) is 0 Å². The molecule has 0 unspecified atom stereocenters. The summed E-state index contributed by atoms with van der Waals surface area (Å²) in [7, 11) is -3.71. The second-order valence-corrected chi connectivity index (χ2v) is 6.14. The van der Waals surface area contributed by atoms with Crippen LogP contribution in [0.15, 0.2) is 23.1 Å². The number of hydrogen-bond acceptors (Lipinski definition) is 5. The third kappa shape index (κ3) is 4.49. The minimum atomic E-state index is -3.71. The van der Waals surface area contributed by atoms with Crippen molar-refractivity contribution in [3.05, 3.63) is 18.2 Å². The topological polar surface area (TPSA) is 98.2 Å². The van der Waals surface area contributed by atoms with Crippen molar-refractivity contribution < 1.29 is 8.42 Å². The third-order valence-corrected chi connectivity index (χ3v) is 3.88. The van der Waals surface area contributed by atoms with E-state index in [1.807, 2.05) is 0 Å². The van der Waals surface area contributed by atoms with Crippen molar-refractivity contribution in [2.75, 3.05) is 29.1 Å². The summed E-state index contributed by atoms with van der Waals surface area (Å²) in [6, 6.07) is 4.32. The molecule has 0 atom stereocenters. The van der Waals surface area contributed by atoms with Crippen LogP contribution in [-0.2, 0) is 10.0 Å². The molecular weight excluding hydrogens is 270 g/mol. The first-order valence-corrected chi connectivity index (χ1v) is 7.82. The van der Waals surface area contributed by atoms with Crippen molar-refractivity contribution in [1.29, 1.82) is 0 Å². The van der Waals surface area contributed by atoms with Crippen LogP contribution in [0, 0.1) is 12.3 Å². The van der Waals surface area contributed by atoms with E-state index in [-0.39, 0.29) is 4.90 Å². The predicted octanol–water partition coefficient (Wildman–Crippen LogP) is 0.695. The van der Waals surface area contributed by atoms with E-state index in [1.165, 1.54) is 18.2 Å². The molecule has 0 amide bonds. The second-order valence-electron chi connectivity index (χ2n) is 3.48. The first kappa shape index (κ1) is 14.7. The molecule has 0 aliphatic rings. The maximum Gasteiger partial charge on any atom is 0.238 e. The van der Waals surface area contributed by atoms with E-state index in [4.69, 9.17) is 17.3 Å². The molecule has 1 aromatic rings. The molecular formula is C11H15N3O2S2. The molecule has 1 aromatic carbocycles. The molecule has 0 aliphatic carbocycles. The lowest BCUT2D eigenvalue weighted by atomic mass is 10.2. The zero-order valence-corrected chi connectivity index (χ0v) is 11.4. The van der Waals surface area contributed by atoms with Crippen LogP contribution < -0.4 is 16.2 Å². The number of nitrogens with two attached hydrogens (primary N) is 2. The van der Waals surface area contributed by atoms with Crippen LogP contribution in [0.1, 0.15) is 0 Å². The fraction of sp³-hybridized carbons (Fsp3) is 0.273. The van der Waals surface area contributed by atoms with Gasteiger partial charge in [0.2, 0.25) is 10.0 Å². The zero-order chi connectivity index (χ0) is 13.6. The number of thioether (sulfide) groups is 1. The maximum atomic E-state index is 11.2. The van der Waals surface area contributed by atoms with Gasteiger partial charge < -0.3 is 11.1 Å². The number of nitrogens with one attached hydrogen (secondary N) is 1. The largest absolute Gasteiger partial charge is 0.397 e. The van der Waals surface area contributed by atoms with Gasteiger partial charge in [0.25, 0.3) is 0 Å². The number of terminal acetylenes is 1. The Morgan fingerprint density at radius 1 is 1.44 bits per heavy atom. The van der Waals surface area contributed by atoms with Crippen LogP contribution in [0.25, 0.3) is 0 Å². The molecule has 5 N–H and O–H groups in total. The maximum absolute atomic E-state index is 11.2. The monoisotopic (exact) mass is 285 g/mol. The first-order valence-electron chi connectivity index (χ1n) is 5.12. The van der Waals surface area contributed by atoms with Crippen LogP contribution in [0.3, 0.4) is 0 Å². The molecule has 18 heavy (non-hydrogen) atoms. The van der Waals surface area contributed by atoms with Crippen molar-refractivity contribution in [1.82, 2.24) is 0 Å². The van der Waals surface area contributed by atoms with E-state index in [2.05, 4.69) is 11.2 Å². The van der Waals surface area contributed by atoms with Gasteiger partial charge in [-0.05, 0) is 18.2 Å². The van der Waals surface area contributed by atoms with Gasteiger partial charge in [-0.15, -0.1) is 18.2 Å². The molecule has 1 rings (SSSR count). The van der Waals surface area contributed by atoms with Crippen LogP contribution >= 0.6 is 11.8 Å². The highest BCUT2D eigenvalue weighted by molar-refractivity contribution is 7.99. The van der Waals surface area contributed by atoms with E-state index in [0.717, 1.165) is 5.75 Å². The van der Waals surface area contributed by atoms with Crippen LogP contribution in [0.4, 0.5) is 11.4 Å². The Morgan fingerprint density at radius 3 is 2.78 bits per heavy atom. The Labute approximate surface area is 111 Å². The number of nitrogen functional groups attached to an aromatic ring is 1. The average molecular weight is 285 g/mol. The third-order valence-electron chi connectivity index (χ3n) is 2.10. The van der Waals surface area contributed by atoms with Gasteiger partial charge in [0.05, 0.1) is 22.0 Å². The fourth-order valence-electron chi connectivity index (χ4n) is 1.25. The molecule has 0 bridgehead atoms. The highest BCUT2D eigenvalue weighted by Crippen LogP contribution is 2.22. The Hall–Kier alpha value is -1.36. The smallest absolute Gasteiger partial charge is 0.238 e. The summed E-state index contributed by atoms with van der Waals surface area (Å²) in [6.45, 7) is 0.643. The number of hydrogen-bond donors (Lipinski definition) is 3. The predicted molar refractivity (Wildman–Crippen MR) is 76.9 cm³/mol. The fourth-order valence-corrected chi connectivity index (χ4v) is 2.30. The lowest BCUT2D eigenvalue weighted by molar-refractivity contribution is 0.598. The lowest BCUT2D eigenvalue weighted by Crippen LogP contribution is -2.13. The summed E-state index contributed by atoms with van der Waals surface area (Å²) < 4.78 is 22.4. The van der Waals surface area contributed by atoms with Gasteiger partial charge in [0.1, 0.15) is 0 Å². The molecule has 7 heteroatoms. The number of benzene rings is 1. The Balaban J connectivity index is 2.68. The summed E-state index contributed by atoms with van der Waals surface area (Å²) in [5.74, 6) is 3.98. The SMILES string of the molecule is C#CCSCCNc1cc(S(N)(=O)=O)ccc1N. The van der Waals surface area contributed by atoms with Crippen molar-refractivity contribution in [3.8, 4) is 12.3 Å². The van der Waals surface area contributed by atoms with Gasteiger partial charge in [0.15, 0.2) is 0 Å². The Morgan fingerprint density at radius 2 is 2.17 bits per heavy atom. The number of primary sulfonamides is 1. The molecule has 0 aliphatic heterocycles. The molecule has 0 fully saturated rings. The Bertz CT molecular complexity index is 550. The number of anilines is 2. The molecule has 0 saturated heterocycles. The van der Waals surface area contributed by atoms with Crippen molar-refractivity contribution in [3.63, 3.8) is 0 Å². The van der Waals surface area contributed by atoms with E-state index in [9.17, 15) is 8.42 Å². The van der Waals surface area contributed by atoms with E-state index >= 15 is 0 Å². The van der Waals surface area contributed by atoms with Gasteiger partial charge in [-0.2, -0.15) is 0 Å². The molecule has 5 nitrogen and oxygen atoms in total. The Kier molecular flexibility index (Phi) is 5.34. The van der Waals surface area contributed by atoms with E-state index in [1.54, 1.807) is 11.8 Å². The van der Waals surface area contributed by atoms with Gasteiger partial charge in [0, 0.05) is 12.3 Å². The van der Waals surface area contributed by atoms with Crippen molar-refractivity contribution in [2.24, 2.45) is 5.14 Å². The molecule has 0 saturated carbocycles. The van der Waals surface area contributed by atoms with Crippen LogP contribution in [-0.4, -0.2) is 26.5 Å². The average Bonchev–Trinajstić information content (AvgIpc) is 2.29. The normalized spacial score (nSPS) is 10.9. The summed E-state index contributed by atoms with van der Waals surface area (Å²) >= 11 is 1.61. The number of sulfonamides is 1. The highest BCUT2D eigenvalue weighted by atomic mass is 32.2. The molecule has 0 radical (unpaired) electrons. The van der Waals surface area contributed by atoms with E-state index < -0.39 is 10.0 Å². The summed E-state index contributed by atoms with van der Waals surface area (Å²) in [4.78, 5) is 0.0375. The molecule has 0 spiro atoms. The summed E-state index contributed by atoms with van der Waals surface area (Å²) in [5, 5.41) is 8.10. The van der Waals surface area contributed by atoms with E-state index in [0.29, 0.717) is 23.7 Å². The van der Waals surface area contributed by atoms with Gasteiger partial charge >= 0.3 is 0 Å². The lowest BCUT2D eigenvalue weighted by Gasteiger charge is -2.10. The van der Waals surface area contributed by atoms with Gasteiger partial charge in [-0.1, -0.05) is 5.92 Å². The summed E-state index contributed by atoms with van der Waals surface area (Å²) in [6.07, 6.45) is 5.12. The van der Waals surface area contributed by atoms with Crippen LogP contribution in [0.2, 0.25) is 0 Å². The van der Waals surface area contributed by atoms with Crippen molar-refractivity contribution >= 4 is 33.2 Å². The summed E-state index contributed by atoms with van der Waals surface area (Å²) in [5.41, 5.74) is 6.77. The number of rotatable bonds is 6. The standard InChI is InChI=1S/C11H15N3O2S2/c1-2-6-17-7-5-14-11-8-9(18(13,15)16)3-4-10(11)12/h1,3-4,8,14H,5-7,12H2,(H2,13,15,16). The highest BCUT2D eigenvalue weighted by Gasteiger charge is 2.09.